The van der Waals surface area contributed by atoms with Crippen LogP contribution in [0.5, 0.6) is 0 Å². The van der Waals surface area contributed by atoms with Gasteiger partial charge >= 0.3 is 0 Å². The normalized spacial score (nSPS) is 11.0. The van der Waals surface area contributed by atoms with E-state index in [1.54, 1.807) is 7.11 Å². The smallest absolute Gasteiger partial charge is 0.0994 e. The highest BCUT2D eigenvalue weighted by atomic mass is 16.5. The summed E-state index contributed by atoms with van der Waals surface area (Å²) in [6.45, 7) is 0.651. The molecule has 1 aromatic rings. The maximum Gasteiger partial charge on any atom is 0.0994 e. The van der Waals surface area contributed by atoms with Crippen molar-refractivity contribution in [3.05, 3.63) is 42.0 Å². The third-order valence-electron chi connectivity index (χ3n) is 1.88. The fourth-order valence-electron chi connectivity index (χ4n) is 1.17. The van der Waals surface area contributed by atoms with Crippen molar-refractivity contribution in [3.8, 4) is 6.07 Å². The Labute approximate surface area is 84.4 Å². The Bertz CT molecular complexity index is 335. The molecule has 0 unspecified atom stereocenters. The Morgan fingerprint density at radius 2 is 2.14 bits per heavy atom. The lowest BCUT2D eigenvalue weighted by molar-refractivity contribution is 0.204. The van der Waals surface area contributed by atoms with Gasteiger partial charge in [-0.25, -0.2) is 0 Å². The van der Waals surface area contributed by atoms with Crippen LogP contribution < -0.4 is 0 Å². The first-order valence-corrected chi connectivity index (χ1v) is 4.53. The first-order valence-electron chi connectivity index (χ1n) is 4.53. The molecule has 0 amide bonds. The van der Waals surface area contributed by atoms with Gasteiger partial charge in [0.25, 0.3) is 0 Å². The monoisotopic (exact) mass is 187 g/mol. The van der Waals surface area contributed by atoms with Crippen molar-refractivity contribution in [1.29, 1.82) is 5.26 Å². The van der Waals surface area contributed by atoms with Gasteiger partial charge in [0, 0.05) is 13.7 Å². The Morgan fingerprint density at radius 1 is 1.43 bits per heavy atom. The van der Waals surface area contributed by atoms with E-state index < -0.39 is 0 Å². The summed E-state index contributed by atoms with van der Waals surface area (Å²) in [6.07, 6.45) is 2.67. The quantitative estimate of drug-likeness (QED) is 0.536. The minimum absolute atomic E-state index is 0.651. The predicted octanol–water partition coefficient (Wildman–Crippen LogP) is 2.63. The molecule has 2 nitrogen and oxygen atoms in total. The number of hydrogen-bond donors (Lipinski definition) is 0. The second kappa shape index (κ2) is 5.95. The van der Waals surface area contributed by atoms with Gasteiger partial charge in [0.2, 0.25) is 0 Å². The van der Waals surface area contributed by atoms with Crippen molar-refractivity contribution in [2.75, 3.05) is 13.7 Å². The summed E-state index contributed by atoms with van der Waals surface area (Å²) in [5.74, 6) is 0. The molecule has 0 saturated heterocycles. The summed E-state index contributed by atoms with van der Waals surface area (Å²) >= 11 is 0. The molecular weight excluding hydrogens is 174 g/mol. The van der Waals surface area contributed by atoms with E-state index in [1.807, 2.05) is 36.4 Å². The van der Waals surface area contributed by atoms with Crippen LogP contribution in [0.2, 0.25) is 0 Å². The maximum absolute atomic E-state index is 8.92. The number of allylic oxidation sites excluding steroid dienone is 1. The van der Waals surface area contributed by atoms with Crippen LogP contribution in [0.25, 0.3) is 5.57 Å². The Morgan fingerprint density at radius 3 is 2.71 bits per heavy atom. The minimum atomic E-state index is 0.651. The number of ether oxygens (including phenoxy) is 1. The van der Waals surface area contributed by atoms with Crippen LogP contribution in [-0.2, 0) is 4.74 Å². The van der Waals surface area contributed by atoms with Crippen LogP contribution in [0.1, 0.15) is 12.0 Å². The highest BCUT2D eigenvalue weighted by molar-refractivity contribution is 5.76. The second-order valence-corrected chi connectivity index (χ2v) is 2.88. The molecule has 1 rings (SSSR count). The van der Waals surface area contributed by atoms with E-state index in [0.717, 1.165) is 12.0 Å². The van der Waals surface area contributed by atoms with Gasteiger partial charge in [0.1, 0.15) is 0 Å². The summed E-state index contributed by atoms with van der Waals surface area (Å²) in [4.78, 5) is 0. The molecule has 0 fully saturated rings. The van der Waals surface area contributed by atoms with E-state index in [4.69, 9.17) is 10.00 Å². The second-order valence-electron chi connectivity index (χ2n) is 2.88. The van der Waals surface area contributed by atoms with Crippen LogP contribution in [-0.4, -0.2) is 13.7 Å². The van der Waals surface area contributed by atoms with Gasteiger partial charge in [-0.3, -0.25) is 0 Å². The molecule has 0 saturated carbocycles. The molecule has 14 heavy (non-hydrogen) atoms. The molecule has 0 atom stereocenters. The molecule has 0 heterocycles. The predicted molar refractivity (Wildman–Crippen MR) is 56.5 cm³/mol. The van der Waals surface area contributed by atoms with Gasteiger partial charge < -0.3 is 4.74 Å². The van der Waals surface area contributed by atoms with Gasteiger partial charge in [-0.05, 0) is 12.0 Å². The highest BCUT2D eigenvalue weighted by Gasteiger charge is 1.97. The number of nitriles is 1. The first-order chi connectivity index (χ1) is 6.88. The number of nitrogens with zero attached hydrogens (tertiary/aromatic N) is 1. The van der Waals surface area contributed by atoms with E-state index in [-0.39, 0.29) is 0 Å². The Kier molecular flexibility index (Phi) is 4.46. The topological polar surface area (TPSA) is 33.0 Å². The van der Waals surface area contributed by atoms with Crippen molar-refractivity contribution in [2.45, 2.75) is 6.42 Å². The largest absolute Gasteiger partial charge is 0.384 e. The van der Waals surface area contributed by atoms with Gasteiger partial charge in [-0.1, -0.05) is 36.4 Å². The minimum Gasteiger partial charge on any atom is -0.384 e. The highest BCUT2D eigenvalue weighted by Crippen LogP contribution is 2.13. The third kappa shape index (κ3) is 3.04. The van der Waals surface area contributed by atoms with Gasteiger partial charge in [0.05, 0.1) is 11.6 Å². The molecule has 0 aliphatic heterocycles. The number of rotatable bonds is 4. The SMILES string of the molecule is COCC/C=C(/C#N)c1ccccc1. The van der Waals surface area contributed by atoms with E-state index in [9.17, 15) is 0 Å². The summed E-state index contributed by atoms with van der Waals surface area (Å²) in [6, 6.07) is 11.8. The van der Waals surface area contributed by atoms with Gasteiger partial charge in [-0.2, -0.15) is 5.26 Å². The van der Waals surface area contributed by atoms with Crippen molar-refractivity contribution >= 4 is 5.57 Å². The first kappa shape index (κ1) is 10.5. The summed E-state index contributed by atoms with van der Waals surface area (Å²) in [7, 11) is 1.66. The molecule has 2 heteroatoms. The zero-order valence-electron chi connectivity index (χ0n) is 8.23. The molecule has 0 N–H and O–H groups in total. The molecule has 0 aliphatic carbocycles. The van der Waals surface area contributed by atoms with E-state index in [0.29, 0.717) is 12.2 Å². The van der Waals surface area contributed by atoms with Crippen molar-refractivity contribution in [1.82, 2.24) is 0 Å². The van der Waals surface area contributed by atoms with Gasteiger partial charge in [-0.15, -0.1) is 0 Å². The average Bonchev–Trinajstić information content (AvgIpc) is 2.26. The summed E-state index contributed by atoms with van der Waals surface area (Å²) in [5, 5.41) is 8.92. The van der Waals surface area contributed by atoms with E-state index in [1.165, 1.54) is 0 Å². The van der Waals surface area contributed by atoms with Gasteiger partial charge in [0.15, 0.2) is 0 Å². The number of benzene rings is 1. The average molecular weight is 187 g/mol. The lowest BCUT2D eigenvalue weighted by Gasteiger charge is -1.98. The molecule has 0 radical (unpaired) electrons. The third-order valence-corrected chi connectivity index (χ3v) is 1.88. The lowest BCUT2D eigenvalue weighted by Crippen LogP contribution is -1.86. The molecule has 0 spiro atoms. The molecule has 0 aliphatic rings. The Balaban J connectivity index is 2.74. The van der Waals surface area contributed by atoms with Crippen molar-refractivity contribution in [3.63, 3.8) is 0 Å². The van der Waals surface area contributed by atoms with Crippen LogP contribution in [0, 0.1) is 11.3 Å². The molecule has 0 bridgehead atoms. The Hall–Kier alpha value is -1.59. The maximum atomic E-state index is 8.92. The number of methoxy groups -OCH3 is 1. The molecule has 1 aromatic carbocycles. The zero-order valence-corrected chi connectivity index (χ0v) is 8.23. The standard InChI is InChI=1S/C12H13NO/c1-14-9-5-8-12(10-13)11-6-3-2-4-7-11/h2-4,6-8H,5,9H2,1H3/b12-8-. The summed E-state index contributed by atoms with van der Waals surface area (Å²) < 4.78 is 4.92. The number of hydrogen-bond acceptors (Lipinski definition) is 2. The van der Waals surface area contributed by atoms with Crippen LogP contribution in [0.3, 0.4) is 0 Å². The van der Waals surface area contributed by atoms with E-state index >= 15 is 0 Å². The fourth-order valence-corrected chi connectivity index (χ4v) is 1.17. The van der Waals surface area contributed by atoms with Crippen LogP contribution >= 0.6 is 0 Å². The summed E-state index contributed by atoms with van der Waals surface area (Å²) in [5.41, 5.74) is 1.67. The van der Waals surface area contributed by atoms with Crippen LogP contribution in [0.15, 0.2) is 36.4 Å². The van der Waals surface area contributed by atoms with Crippen LogP contribution in [0.4, 0.5) is 0 Å². The van der Waals surface area contributed by atoms with Crippen molar-refractivity contribution < 1.29 is 4.74 Å². The fraction of sp³-hybridized carbons (Fsp3) is 0.250. The molecule has 72 valence electrons. The zero-order chi connectivity index (χ0) is 10.2. The van der Waals surface area contributed by atoms with E-state index in [2.05, 4.69) is 6.07 Å². The van der Waals surface area contributed by atoms with Crippen molar-refractivity contribution in [2.24, 2.45) is 0 Å². The molecular formula is C12H13NO. The molecule has 0 aromatic heterocycles. The lowest BCUT2D eigenvalue weighted by atomic mass is 10.1.